The van der Waals surface area contributed by atoms with Crippen molar-refractivity contribution in [2.24, 2.45) is 0 Å². The Morgan fingerprint density at radius 1 is 0.800 bits per heavy atom. The van der Waals surface area contributed by atoms with Gasteiger partial charge >= 0.3 is 0 Å². The Hall–Kier alpha value is -3.65. The molecular formula is C25H16Cl3N3O4. The number of nitrogens with zero attached hydrogens (tertiary/aromatic N) is 1. The Morgan fingerprint density at radius 2 is 1.51 bits per heavy atom. The molecule has 0 atom stereocenters. The second-order valence-corrected chi connectivity index (χ2v) is 8.75. The Balaban J connectivity index is 1.49. The zero-order valence-corrected chi connectivity index (χ0v) is 20.3. The van der Waals surface area contributed by atoms with E-state index in [0.29, 0.717) is 27.5 Å². The van der Waals surface area contributed by atoms with E-state index >= 15 is 0 Å². The van der Waals surface area contributed by atoms with E-state index in [1.54, 1.807) is 36.4 Å². The van der Waals surface area contributed by atoms with Crippen LogP contribution < -0.4 is 15.5 Å². The third-order valence-corrected chi connectivity index (χ3v) is 6.01. The van der Waals surface area contributed by atoms with E-state index in [-0.39, 0.29) is 33.1 Å². The second kappa shape index (κ2) is 9.92. The van der Waals surface area contributed by atoms with Gasteiger partial charge in [-0.1, -0.05) is 46.9 Å². The van der Waals surface area contributed by atoms with E-state index < -0.39 is 11.8 Å². The van der Waals surface area contributed by atoms with Gasteiger partial charge in [0.15, 0.2) is 5.78 Å². The minimum atomic E-state index is -0.729. The van der Waals surface area contributed by atoms with Crippen molar-refractivity contribution in [1.29, 1.82) is 0 Å². The molecule has 0 spiro atoms. The largest absolute Gasteiger partial charge is 0.350 e. The average molecular weight is 529 g/mol. The summed E-state index contributed by atoms with van der Waals surface area (Å²) >= 11 is 18.2. The van der Waals surface area contributed by atoms with Crippen molar-refractivity contribution >= 4 is 75.4 Å². The monoisotopic (exact) mass is 527 g/mol. The zero-order chi connectivity index (χ0) is 25.3. The van der Waals surface area contributed by atoms with Crippen LogP contribution in [0.1, 0.15) is 27.6 Å². The van der Waals surface area contributed by atoms with Gasteiger partial charge in [0.2, 0.25) is 0 Å². The Morgan fingerprint density at radius 3 is 2.17 bits per heavy atom. The number of carbonyl (C=O) groups is 4. The molecule has 0 aliphatic carbocycles. The van der Waals surface area contributed by atoms with Gasteiger partial charge in [-0.2, -0.15) is 0 Å². The molecule has 0 saturated heterocycles. The fraction of sp³-hybridized carbons (Fsp3) is 0.0400. The van der Waals surface area contributed by atoms with E-state index in [1.165, 1.54) is 37.3 Å². The van der Waals surface area contributed by atoms with Crippen LogP contribution in [0.4, 0.5) is 17.1 Å². The molecule has 2 N–H and O–H groups in total. The molecule has 1 heterocycles. The van der Waals surface area contributed by atoms with Crippen LogP contribution in [0, 0.1) is 0 Å². The van der Waals surface area contributed by atoms with Gasteiger partial charge in [0.05, 0.1) is 10.7 Å². The summed E-state index contributed by atoms with van der Waals surface area (Å²) in [6.45, 7) is 1.44. The second-order valence-electron chi connectivity index (χ2n) is 7.52. The van der Waals surface area contributed by atoms with Crippen LogP contribution in [0.25, 0.3) is 0 Å². The first-order valence-corrected chi connectivity index (χ1v) is 11.3. The number of rotatable bonds is 6. The highest BCUT2D eigenvalue weighted by Gasteiger charge is 2.39. The molecule has 10 heteroatoms. The SMILES string of the molecule is CC(=O)c1cccc(NC(=O)c2ccc(NC3=C(Cl)C(=O)N(c4ccc(Cl)cc4Cl)C3=O)cc2)c1. The van der Waals surface area contributed by atoms with Crippen LogP contribution in [0.2, 0.25) is 10.0 Å². The number of hydrogen-bond acceptors (Lipinski definition) is 5. The van der Waals surface area contributed by atoms with E-state index in [4.69, 9.17) is 34.8 Å². The van der Waals surface area contributed by atoms with Crippen molar-refractivity contribution < 1.29 is 19.2 Å². The summed E-state index contributed by atoms with van der Waals surface area (Å²) in [5.74, 6) is -1.91. The number of anilines is 3. The van der Waals surface area contributed by atoms with Crippen LogP contribution >= 0.6 is 34.8 Å². The maximum atomic E-state index is 12.9. The number of ketones is 1. The van der Waals surface area contributed by atoms with Crippen LogP contribution in [-0.4, -0.2) is 23.5 Å². The van der Waals surface area contributed by atoms with E-state index in [1.807, 2.05) is 0 Å². The van der Waals surface area contributed by atoms with Gasteiger partial charge in [-0.3, -0.25) is 19.2 Å². The number of carbonyl (C=O) groups excluding carboxylic acids is 4. The number of nitrogens with one attached hydrogen (secondary N) is 2. The third kappa shape index (κ3) is 5.07. The molecule has 35 heavy (non-hydrogen) atoms. The molecule has 1 aliphatic rings. The van der Waals surface area contributed by atoms with Gasteiger partial charge in [-0.05, 0) is 61.5 Å². The summed E-state index contributed by atoms with van der Waals surface area (Å²) in [5.41, 5.74) is 1.77. The number of amides is 3. The smallest absolute Gasteiger partial charge is 0.283 e. The quantitative estimate of drug-likeness (QED) is 0.307. The summed E-state index contributed by atoms with van der Waals surface area (Å²) < 4.78 is 0. The van der Waals surface area contributed by atoms with Crippen molar-refractivity contribution in [3.05, 3.63) is 98.6 Å². The molecule has 3 aromatic carbocycles. The standard InChI is InChI=1S/C25H16Cl3N3O4/c1-13(32)15-3-2-4-18(11-15)30-23(33)14-5-8-17(9-6-14)29-22-21(28)24(34)31(25(22)35)20-10-7-16(26)12-19(20)27/h2-12,29H,1H3,(H,30,33). The number of Topliss-reactive ketones (excluding diaryl/α,β-unsaturated/α-hetero) is 1. The number of hydrogen-bond donors (Lipinski definition) is 2. The molecule has 1 aliphatic heterocycles. The summed E-state index contributed by atoms with van der Waals surface area (Å²) in [7, 11) is 0. The maximum Gasteiger partial charge on any atom is 0.283 e. The van der Waals surface area contributed by atoms with Gasteiger partial charge in [0.1, 0.15) is 10.7 Å². The Kier molecular flexibility index (Phi) is 6.93. The highest BCUT2D eigenvalue weighted by molar-refractivity contribution is 6.54. The zero-order valence-electron chi connectivity index (χ0n) is 18.1. The van der Waals surface area contributed by atoms with Gasteiger partial charge < -0.3 is 10.6 Å². The van der Waals surface area contributed by atoms with Crippen LogP contribution in [0.5, 0.6) is 0 Å². The van der Waals surface area contributed by atoms with Crippen molar-refractivity contribution in [3.8, 4) is 0 Å². The van der Waals surface area contributed by atoms with Crippen molar-refractivity contribution in [1.82, 2.24) is 0 Å². The summed E-state index contributed by atoms with van der Waals surface area (Å²) in [4.78, 5) is 50.6. The molecule has 3 amide bonds. The molecule has 0 aromatic heterocycles. The van der Waals surface area contributed by atoms with Gasteiger partial charge in [-0.25, -0.2) is 4.90 Å². The lowest BCUT2D eigenvalue weighted by molar-refractivity contribution is -0.120. The molecule has 0 fully saturated rings. The van der Waals surface area contributed by atoms with Gasteiger partial charge in [0, 0.05) is 27.5 Å². The van der Waals surface area contributed by atoms with E-state index in [9.17, 15) is 19.2 Å². The summed E-state index contributed by atoms with van der Waals surface area (Å²) in [6, 6.07) is 17.2. The molecule has 0 unspecified atom stereocenters. The molecule has 4 rings (SSSR count). The summed E-state index contributed by atoms with van der Waals surface area (Å²) in [6.07, 6.45) is 0. The summed E-state index contributed by atoms with van der Waals surface area (Å²) in [5, 5.41) is 5.74. The first-order valence-electron chi connectivity index (χ1n) is 10.2. The van der Waals surface area contributed by atoms with Crippen molar-refractivity contribution in [3.63, 3.8) is 0 Å². The normalized spacial score (nSPS) is 13.3. The number of imide groups is 1. The van der Waals surface area contributed by atoms with Crippen LogP contribution in [0.15, 0.2) is 77.5 Å². The molecule has 0 radical (unpaired) electrons. The third-order valence-electron chi connectivity index (χ3n) is 5.12. The van der Waals surface area contributed by atoms with Crippen LogP contribution in [-0.2, 0) is 9.59 Å². The topological polar surface area (TPSA) is 95.6 Å². The molecule has 7 nitrogen and oxygen atoms in total. The highest BCUT2D eigenvalue weighted by Crippen LogP contribution is 2.35. The van der Waals surface area contributed by atoms with Crippen molar-refractivity contribution in [2.75, 3.05) is 15.5 Å². The highest BCUT2D eigenvalue weighted by atomic mass is 35.5. The minimum absolute atomic E-state index is 0.110. The molecular weight excluding hydrogens is 513 g/mol. The first-order chi connectivity index (χ1) is 16.7. The predicted molar refractivity (Wildman–Crippen MR) is 136 cm³/mol. The molecule has 0 saturated carbocycles. The molecule has 3 aromatic rings. The minimum Gasteiger partial charge on any atom is -0.350 e. The lowest BCUT2D eigenvalue weighted by Gasteiger charge is -2.16. The van der Waals surface area contributed by atoms with Crippen LogP contribution in [0.3, 0.4) is 0 Å². The number of halogens is 3. The van der Waals surface area contributed by atoms with Gasteiger partial charge in [0.25, 0.3) is 17.7 Å². The van der Waals surface area contributed by atoms with E-state index in [0.717, 1.165) is 4.90 Å². The Bertz CT molecular complexity index is 1420. The first kappa shape index (κ1) is 24.5. The van der Waals surface area contributed by atoms with Crippen molar-refractivity contribution in [2.45, 2.75) is 6.92 Å². The Labute approximate surface area is 215 Å². The number of benzene rings is 3. The van der Waals surface area contributed by atoms with Gasteiger partial charge in [-0.15, -0.1) is 0 Å². The van der Waals surface area contributed by atoms with E-state index in [2.05, 4.69) is 10.6 Å². The molecule has 176 valence electrons. The lowest BCUT2D eigenvalue weighted by atomic mass is 10.1. The lowest BCUT2D eigenvalue weighted by Crippen LogP contribution is -2.32. The average Bonchev–Trinajstić information content (AvgIpc) is 3.03. The maximum absolute atomic E-state index is 12.9. The fourth-order valence-corrected chi connectivity index (χ4v) is 4.07. The predicted octanol–water partition coefficient (Wildman–Crippen LogP) is 5.88. The fourth-order valence-electron chi connectivity index (χ4n) is 3.36. The molecule has 0 bridgehead atoms.